The topological polar surface area (TPSA) is 80.9 Å². The van der Waals surface area contributed by atoms with Crippen molar-refractivity contribution < 1.29 is 4.79 Å². The largest absolute Gasteiger partial charge is 0.330 e. The van der Waals surface area contributed by atoms with Crippen LogP contribution in [0.3, 0.4) is 0 Å². The summed E-state index contributed by atoms with van der Waals surface area (Å²) < 4.78 is 0. The Hall–Kier alpha value is -1.44. The molecule has 1 heterocycles. The van der Waals surface area contributed by atoms with E-state index in [0.29, 0.717) is 24.5 Å². The summed E-state index contributed by atoms with van der Waals surface area (Å²) in [5.74, 6) is 0.689. The third-order valence-corrected chi connectivity index (χ3v) is 4.75. The minimum atomic E-state index is -0.0608. The molecule has 1 aromatic heterocycles. The molecular formula is C14H18N4OS2. The highest BCUT2D eigenvalue weighted by molar-refractivity contribution is 7.98. The lowest BCUT2D eigenvalue weighted by atomic mass is 10.2. The predicted octanol–water partition coefficient (Wildman–Crippen LogP) is 2.82. The maximum Gasteiger partial charge on any atom is 0.226 e. The summed E-state index contributed by atoms with van der Waals surface area (Å²) in [6.45, 7) is 2.58. The van der Waals surface area contributed by atoms with Gasteiger partial charge in [-0.25, -0.2) is 0 Å². The molecule has 3 N–H and O–H groups in total. The summed E-state index contributed by atoms with van der Waals surface area (Å²) in [6.07, 6.45) is 1.10. The lowest BCUT2D eigenvalue weighted by Gasteiger charge is -1.99. The molecule has 0 aliphatic rings. The fourth-order valence-corrected chi connectivity index (χ4v) is 3.23. The zero-order chi connectivity index (χ0) is 15.1. The van der Waals surface area contributed by atoms with E-state index >= 15 is 0 Å². The van der Waals surface area contributed by atoms with E-state index in [4.69, 9.17) is 5.73 Å². The van der Waals surface area contributed by atoms with E-state index in [1.165, 1.54) is 21.8 Å². The monoisotopic (exact) mass is 322 g/mol. The van der Waals surface area contributed by atoms with Crippen molar-refractivity contribution in [2.45, 2.75) is 30.4 Å². The molecule has 2 rings (SSSR count). The second-order valence-corrected chi connectivity index (χ2v) is 6.65. The number of aromatic nitrogens is 2. The van der Waals surface area contributed by atoms with Crippen molar-refractivity contribution in [2.75, 3.05) is 11.9 Å². The van der Waals surface area contributed by atoms with Crippen molar-refractivity contribution in [3.05, 3.63) is 34.8 Å². The number of aryl methyl sites for hydroxylation is 1. The standard InChI is InChI=1S/C14H18N4OS2/c1-10-4-6-11(7-5-10)20-9-13-17-18-14(21-13)16-12(19)3-2-8-15/h4-7H,2-3,8-9,15H2,1H3,(H,16,18,19). The fraction of sp³-hybridized carbons (Fsp3) is 0.357. The number of rotatable bonds is 7. The Balaban J connectivity index is 1.82. The molecule has 0 saturated heterocycles. The number of thioether (sulfide) groups is 1. The number of carbonyl (C=O) groups excluding carboxylic acids is 1. The zero-order valence-corrected chi connectivity index (χ0v) is 13.5. The van der Waals surface area contributed by atoms with Gasteiger partial charge in [0.05, 0.1) is 5.75 Å². The molecule has 112 valence electrons. The molecule has 0 aliphatic heterocycles. The maximum absolute atomic E-state index is 11.6. The SMILES string of the molecule is Cc1ccc(SCc2nnc(NC(=O)CCCN)s2)cc1. The van der Waals surface area contributed by atoms with Crippen LogP contribution in [0.1, 0.15) is 23.4 Å². The smallest absolute Gasteiger partial charge is 0.226 e. The van der Waals surface area contributed by atoms with Gasteiger partial charge in [0.25, 0.3) is 0 Å². The first-order valence-electron chi connectivity index (χ1n) is 6.69. The van der Waals surface area contributed by atoms with Crippen LogP contribution >= 0.6 is 23.1 Å². The van der Waals surface area contributed by atoms with Gasteiger partial charge in [0.2, 0.25) is 11.0 Å². The third-order valence-electron chi connectivity index (χ3n) is 2.70. The first-order valence-corrected chi connectivity index (χ1v) is 8.49. The minimum absolute atomic E-state index is 0.0608. The third kappa shape index (κ3) is 5.45. The Morgan fingerprint density at radius 3 is 2.81 bits per heavy atom. The highest BCUT2D eigenvalue weighted by atomic mass is 32.2. The number of anilines is 1. The lowest BCUT2D eigenvalue weighted by Crippen LogP contribution is -2.13. The van der Waals surface area contributed by atoms with Crippen LogP contribution in [-0.2, 0) is 10.5 Å². The van der Waals surface area contributed by atoms with Crippen LogP contribution in [0, 0.1) is 6.92 Å². The Kier molecular flexibility index (Phi) is 6.16. The average Bonchev–Trinajstić information content (AvgIpc) is 2.92. The summed E-state index contributed by atoms with van der Waals surface area (Å²) in [6, 6.07) is 8.37. The summed E-state index contributed by atoms with van der Waals surface area (Å²) in [5.41, 5.74) is 6.62. The Bertz CT molecular complexity index is 583. The molecule has 0 saturated carbocycles. The molecule has 7 heteroatoms. The van der Waals surface area contributed by atoms with Crippen molar-refractivity contribution in [2.24, 2.45) is 5.73 Å². The number of hydrogen-bond acceptors (Lipinski definition) is 6. The van der Waals surface area contributed by atoms with Crippen molar-refractivity contribution in [3.8, 4) is 0 Å². The van der Waals surface area contributed by atoms with Gasteiger partial charge in [0.1, 0.15) is 5.01 Å². The first-order chi connectivity index (χ1) is 10.2. The van der Waals surface area contributed by atoms with Gasteiger partial charge in [0.15, 0.2) is 0 Å². The van der Waals surface area contributed by atoms with Gasteiger partial charge < -0.3 is 11.1 Å². The van der Waals surface area contributed by atoms with Crippen LogP contribution in [0.15, 0.2) is 29.2 Å². The van der Waals surface area contributed by atoms with Crippen LogP contribution in [0.5, 0.6) is 0 Å². The molecular weight excluding hydrogens is 304 g/mol. The van der Waals surface area contributed by atoms with Gasteiger partial charge >= 0.3 is 0 Å². The Labute approximate surface area is 132 Å². The van der Waals surface area contributed by atoms with E-state index in [-0.39, 0.29) is 5.91 Å². The Morgan fingerprint density at radius 2 is 2.10 bits per heavy atom. The van der Waals surface area contributed by atoms with E-state index in [0.717, 1.165) is 10.8 Å². The lowest BCUT2D eigenvalue weighted by molar-refractivity contribution is -0.116. The minimum Gasteiger partial charge on any atom is -0.330 e. The van der Waals surface area contributed by atoms with Gasteiger partial charge in [-0.15, -0.1) is 22.0 Å². The number of benzene rings is 1. The van der Waals surface area contributed by atoms with Crippen LogP contribution in [0.25, 0.3) is 0 Å². The van der Waals surface area contributed by atoms with Crippen molar-refractivity contribution in [3.63, 3.8) is 0 Å². The number of carbonyl (C=O) groups is 1. The number of nitrogens with one attached hydrogen (secondary N) is 1. The number of hydrogen-bond donors (Lipinski definition) is 2. The van der Waals surface area contributed by atoms with Gasteiger partial charge in [-0.1, -0.05) is 29.0 Å². The molecule has 0 fully saturated rings. The van der Waals surface area contributed by atoms with E-state index in [1.807, 2.05) is 0 Å². The second kappa shape index (κ2) is 8.11. The molecule has 0 aliphatic carbocycles. The van der Waals surface area contributed by atoms with Crippen molar-refractivity contribution in [1.29, 1.82) is 0 Å². The molecule has 2 aromatic rings. The van der Waals surface area contributed by atoms with Crippen LogP contribution < -0.4 is 11.1 Å². The fourth-order valence-electron chi connectivity index (χ4n) is 1.59. The Morgan fingerprint density at radius 1 is 1.33 bits per heavy atom. The normalized spacial score (nSPS) is 10.6. The van der Waals surface area contributed by atoms with Crippen LogP contribution in [0.2, 0.25) is 0 Å². The first kappa shape index (κ1) is 15.9. The molecule has 0 spiro atoms. The summed E-state index contributed by atoms with van der Waals surface area (Å²) >= 11 is 3.12. The van der Waals surface area contributed by atoms with E-state index in [2.05, 4.69) is 46.7 Å². The molecule has 0 radical (unpaired) electrons. The summed E-state index contributed by atoms with van der Waals surface area (Å²) in [4.78, 5) is 12.8. The molecule has 1 aromatic carbocycles. The van der Waals surface area contributed by atoms with Gasteiger partial charge in [-0.05, 0) is 32.0 Å². The van der Waals surface area contributed by atoms with Crippen LogP contribution in [0.4, 0.5) is 5.13 Å². The predicted molar refractivity (Wildman–Crippen MR) is 87.6 cm³/mol. The number of nitrogens with zero attached hydrogens (tertiary/aromatic N) is 2. The summed E-state index contributed by atoms with van der Waals surface area (Å²) in [5, 5.41) is 12.3. The van der Waals surface area contributed by atoms with E-state index < -0.39 is 0 Å². The molecule has 0 atom stereocenters. The van der Waals surface area contributed by atoms with Crippen LogP contribution in [-0.4, -0.2) is 22.6 Å². The van der Waals surface area contributed by atoms with Gasteiger partial charge in [0, 0.05) is 11.3 Å². The zero-order valence-electron chi connectivity index (χ0n) is 11.8. The molecule has 21 heavy (non-hydrogen) atoms. The highest BCUT2D eigenvalue weighted by Crippen LogP contribution is 2.26. The summed E-state index contributed by atoms with van der Waals surface area (Å²) in [7, 11) is 0. The van der Waals surface area contributed by atoms with E-state index in [9.17, 15) is 4.79 Å². The number of amides is 1. The highest BCUT2D eigenvalue weighted by Gasteiger charge is 2.08. The molecule has 1 amide bonds. The van der Waals surface area contributed by atoms with Crippen molar-refractivity contribution >= 4 is 34.1 Å². The quantitative estimate of drug-likeness (QED) is 0.766. The molecule has 0 unspecified atom stereocenters. The molecule has 5 nitrogen and oxygen atoms in total. The second-order valence-electron chi connectivity index (χ2n) is 4.54. The van der Waals surface area contributed by atoms with Crippen molar-refractivity contribution in [1.82, 2.24) is 10.2 Å². The maximum atomic E-state index is 11.6. The number of nitrogens with two attached hydrogens (primary N) is 1. The van der Waals surface area contributed by atoms with Gasteiger partial charge in [-0.2, -0.15) is 0 Å². The van der Waals surface area contributed by atoms with Gasteiger partial charge in [-0.3, -0.25) is 4.79 Å². The van der Waals surface area contributed by atoms with E-state index in [1.54, 1.807) is 11.8 Å². The average molecular weight is 322 g/mol. The molecule has 0 bridgehead atoms.